The van der Waals surface area contributed by atoms with Crippen LogP contribution in [0.5, 0.6) is 0 Å². The SMILES string of the molecule is CC(C)CC(C)(O)C1(C#N)CCCCCC1. The first-order valence-electron chi connectivity index (χ1n) is 6.57. The Morgan fingerprint density at radius 3 is 2.12 bits per heavy atom. The van der Waals surface area contributed by atoms with Crippen LogP contribution in [-0.2, 0) is 0 Å². The molecule has 0 saturated heterocycles. The fourth-order valence-electron chi connectivity index (χ4n) is 3.09. The second kappa shape index (κ2) is 5.19. The summed E-state index contributed by atoms with van der Waals surface area (Å²) in [7, 11) is 0. The zero-order valence-corrected chi connectivity index (χ0v) is 10.9. The van der Waals surface area contributed by atoms with E-state index in [1.54, 1.807) is 0 Å². The van der Waals surface area contributed by atoms with E-state index >= 15 is 0 Å². The highest BCUT2D eigenvalue weighted by Gasteiger charge is 2.47. The molecule has 1 N–H and O–H groups in total. The summed E-state index contributed by atoms with van der Waals surface area (Å²) in [6, 6.07) is 2.45. The fourth-order valence-corrected chi connectivity index (χ4v) is 3.09. The number of hydrogen-bond acceptors (Lipinski definition) is 2. The van der Waals surface area contributed by atoms with Gasteiger partial charge in [-0.1, -0.05) is 39.5 Å². The van der Waals surface area contributed by atoms with E-state index in [2.05, 4.69) is 19.9 Å². The lowest BCUT2D eigenvalue weighted by Crippen LogP contribution is -2.45. The lowest BCUT2D eigenvalue weighted by Gasteiger charge is -2.41. The standard InChI is InChI=1S/C14H25NO/c1-12(2)10-13(3,16)14(11-15)8-6-4-5-7-9-14/h12,16H,4-10H2,1-3H3. The number of nitriles is 1. The number of nitrogens with zero attached hydrogens (tertiary/aromatic N) is 1. The molecule has 92 valence electrons. The fraction of sp³-hybridized carbons (Fsp3) is 0.929. The third-order valence-corrected chi connectivity index (χ3v) is 4.01. The first-order chi connectivity index (χ1) is 7.43. The first kappa shape index (κ1) is 13.5. The van der Waals surface area contributed by atoms with Crippen molar-refractivity contribution in [2.75, 3.05) is 0 Å². The lowest BCUT2D eigenvalue weighted by molar-refractivity contribution is -0.0622. The molecule has 16 heavy (non-hydrogen) atoms. The van der Waals surface area contributed by atoms with Crippen LogP contribution in [0.3, 0.4) is 0 Å². The molecule has 0 aliphatic heterocycles. The maximum absolute atomic E-state index is 10.7. The van der Waals surface area contributed by atoms with E-state index in [1.165, 1.54) is 12.8 Å². The van der Waals surface area contributed by atoms with Gasteiger partial charge in [-0.3, -0.25) is 0 Å². The molecule has 1 atom stereocenters. The van der Waals surface area contributed by atoms with Gasteiger partial charge in [0, 0.05) is 0 Å². The van der Waals surface area contributed by atoms with Crippen molar-refractivity contribution < 1.29 is 5.11 Å². The predicted octanol–water partition coefficient (Wildman–Crippen LogP) is 3.65. The molecule has 1 saturated carbocycles. The summed E-state index contributed by atoms with van der Waals surface area (Å²) in [6.45, 7) is 6.08. The highest BCUT2D eigenvalue weighted by atomic mass is 16.3. The van der Waals surface area contributed by atoms with E-state index in [0.29, 0.717) is 5.92 Å². The highest BCUT2D eigenvalue weighted by molar-refractivity contribution is 5.10. The van der Waals surface area contributed by atoms with Gasteiger partial charge < -0.3 is 5.11 Å². The molecule has 1 rings (SSSR count). The van der Waals surface area contributed by atoms with Crippen molar-refractivity contribution in [1.29, 1.82) is 5.26 Å². The monoisotopic (exact) mass is 223 g/mol. The van der Waals surface area contributed by atoms with Gasteiger partial charge in [-0.05, 0) is 32.1 Å². The molecular weight excluding hydrogens is 198 g/mol. The molecule has 1 aliphatic carbocycles. The van der Waals surface area contributed by atoms with Crippen molar-refractivity contribution in [3.8, 4) is 6.07 Å². The molecule has 1 fully saturated rings. The van der Waals surface area contributed by atoms with Gasteiger partial charge >= 0.3 is 0 Å². The van der Waals surface area contributed by atoms with Crippen LogP contribution in [0.15, 0.2) is 0 Å². The van der Waals surface area contributed by atoms with Crippen LogP contribution in [0.2, 0.25) is 0 Å². The minimum atomic E-state index is -0.833. The second-order valence-electron chi connectivity index (χ2n) is 5.98. The molecule has 0 radical (unpaired) electrons. The summed E-state index contributed by atoms with van der Waals surface area (Å²) in [5.74, 6) is 0.434. The van der Waals surface area contributed by atoms with Gasteiger partial charge in [-0.25, -0.2) is 0 Å². The summed E-state index contributed by atoms with van der Waals surface area (Å²) in [5, 5.41) is 20.2. The van der Waals surface area contributed by atoms with E-state index in [1.807, 2.05) is 6.92 Å². The number of rotatable bonds is 3. The molecular formula is C14H25NO. The minimum Gasteiger partial charge on any atom is -0.389 e. The van der Waals surface area contributed by atoms with Gasteiger partial charge in [-0.2, -0.15) is 5.26 Å². The molecule has 1 unspecified atom stereocenters. The lowest BCUT2D eigenvalue weighted by atomic mass is 9.66. The molecule has 2 heteroatoms. The van der Waals surface area contributed by atoms with Crippen molar-refractivity contribution in [2.24, 2.45) is 11.3 Å². The molecule has 0 heterocycles. The molecule has 0 aromatic carbocycles. The average molecular weight is 223 g/mol. The van der Waals surface area contributed by atoms with Crippen molar-refractivity contribution in [3.05, 3.63) is 0 Å². The average Bonchev–Trinajstić information content (AvgIpc) is 2.41. The molecule has 0 bridgehead atoms. The van der Waals surface area contributed by atoms with Crippen LogP contribution < -0.4 is 0 Å². The van der Waals surface area contributed by atoms with E-state index in [4.69, 9.17) is 0 Å². The summed E-state index contributed by atoms with van der Waals surface area (Å²) in [5.41, 5.74) is -1.34. The maximum Gasteiger partial charge on any atom is 0.0857 e. The smallest absolute Gasteiger partial charge is 0.0857 e. The summed E-state index contributed by atoms with van der Waals surface area (Å²) < 4.78 is 0. The summed E-state index contributed by atoms with van der Waals surface area (Å²) in [4.78, 5) is 0. The van der Waals surface area contributed by atoms with Crippen LogP contribution in [0.1, 0.15) is 65.7 Å². The first-order valence-corrected chi connectivity index (χ1v) is 6.57. The molecule has 0 aromatic heterocycles. The second-order valence-corrected chi connectivity index (χ2v) is 5.98. The Labute approximate surface area is 99.7 Å². The van der Waals surface area contributed by atoms with E-state index < -0.39 is 11.0 Å². The van der Waals surface area contributed by atoms with E-state index in [-0.39, 0.29) is 0 Å². The topological polar surface area (TPSA) is 44.0 Å². The van der Waals surface area contributed by atoms with Gasteiger partial charge in [0.25, 0.3) is 0 Å². The van der Waals surface area contributed by atoms with E-state index in [0.717, 1.165) is 32.1 Å². The molecule has 0 amide bonds. The summed E-state index contributed by atoms with van der Waals surface area (Å²) >= 11 is 0. The van der Waals surface area contributed by atoms with Crippen LogP contribution in [0.4, 0.5) is 0 Å². The van der Waals surface area contributed by atoms with Crippen LogP contribution in [-0.4, -0.2) is 10.7 Å². The molecule has 0 spiro atoms. The van der Waals surface area contributed by atoms with Crippen LogP contribution >= 0.6 is 0 Å². The molecule has 1 aliphatic rings. The largest absolute Gasteiger partial charge is 0.389 e. The molecule has 2 nitrogen and oxygen atoms in total. The Kier molecular flexibility index (Phi) is 4.38. The normalized spacial score (nSPS) is 24.5. The van der Waals surface area contributed by atoms with Crippen LogP contribution in [0, 0.1) is 22.7 Å². The van der Waals surface area contributed by atoms with Crippen molar-refractivity contribution in [3.63, 3.8) is 0 Å². The molecule has 0 aromatic rings. The highest BCUT2D eigenvalue weighted by Crippen LogP contribution is 2.45. The third kappa shape index (κ3) is 2.77. The Bertz CT molecular complexity index is 254. The van der Waals surface area contributed by atoms with Gasteiger partial charge in [0.1, 0.15) is 0 Å². The van der Waals surface area contributed by atoms with Gasteiger partial charge in [-0.15, -0.1) is 0 Å². The van der Waals surface area contributed by atoms with Crippen molar-refractivity contribution in [1.82, 2.24) is 0 Å². The number of aliphatic hydroxyl groups is 1. The van der Waals surface area contributed by atoms with Gasteiger partial charge in [0.2, 0.25) is 0 Å². The van der Waals surface area contributed by atoms with Gasteiger partial charge in [0.05, 0.1) is 17.1 Å². The van der Waals surface area contributed by atoms with Crippen molar-refractivity contribution in [2.45, 2.75) is 71.3 Å². The predicted molar refractivity (Wildman–Crippen MR) is 65.8 cm³/mol. The van der Waals surface area contributed by atoms with E-state index in [9.17, 15) is 10.4 Å². The number of hydrogen-bond donors (Lipinski definition) is 1. The Balaban J connectivity index is 2.88. The Morgan fingerprint density at radius 1 is 1.25 bits per heavy atom. The van der Waals surface area contributed by atoms with Gasteiger partial charge in [0.15, 0.2) is 0 Å². The van der Waals surface area contributed by atoms with Crippen LogP contribution in [0.25, 0.3) is 0 Å². The van der Waals surface area contributed by atoms with Crippen molar-refractivity contribution >= 4 is 0 Å². The minimum absolute atomic E-state index is 0.434. The summed E-state index contributed by atoms with van der Waals surface area (Å²) in [6.07, 6.45) is 7.04. The zero-order chi connectivity index (χ0) is 12.2. The maximum atomic E-state index is 10.7. The zero-order valence-electron chi connectivity index (χ0n) is 10.9. The Morgan fingerprint density at radius 2 is 1.75 bits per heavy atom. The Hall–Kier alpha value is -0.550. The quantitative estimate of drug-likeness (QED) is 0.742. The third-order valence-electron chi connectivity index (χ3n) is 4.01.